The minimum absolute atomic E-state index is 0.615. The van der Waals surface area contributed by atoms with E-state index in [4.69, 9.17) is 9.72 Å². The van der Waals surface area contributed by atoms with Crippen LogP contribution in [0.5, 0.6) is 0 Å². The lowest BCUT2D eigenvalue weighted by Crippen LogP contribution is -2.38. The lowest BCUT2D eigenvalue weighted by atomic mass is 10.0. The van der Waals surface area contributed by atoms with Gasteiger partial charge in [-0.05, 0) is 60.4 Å². The van der Waals surface area contributed by atoms with E-state index in [-0.39, 0.29) is 0 Å². The fourth-order valence-electron chi connectivity index (χ4n) is 5.24. The Morgan fingerprint density at radius 3 is 2.59 bits per heavy atom. The predicted octanol–water partition coefficient (Wildman–Crippen LogP) is 4.37. The van der Waals surface area contributed by atoms with E-state index < -0.39 is 6.10 Å². The Morgan fingerprint density at radius 2 is 1.77 bits per heavy atom. The van der Waals surface area contributed by atoms with Crippen molar-refractivity contribution in [3.8, 4) is 11.1 Å². The molecule has 4 heterocycles. The van der Waals surface area contributed by atoms with E-state index in [2.05, 4.69) is 69.9 Å². The fraction of sp³-hybridized carbons (Fsp3) is 0.323. The van der Waals surface area contributed by atoms with Gasteiger partial charge in [0, 0.05) is 50.3 Å². The van der Waals surface area contributed by atoms with Crippen LogP contribution in [0.2, 0.25) is 0 Å². The molecule has 1 aliphatic heterocycles. The number of aliphatic hydroxyl groups excluding tert-OH is 1. The van der Waals surface area contributed by atoms with Crippen molar-refractivity contribution in [2.75, 3.05) is 32.8 Å². The summed E-state index contributed by atoms with van der Waals surface area (Å²) in [6, 6.07) is 16.5. The van der Waals surface area contributed by atoms with Gasteiger partial charge in [0.05, 0.1) is 37.0 Å². The van der Waals surface area contributed by atoms with Crippen LogP contribution in [-0.4, -0.2) is 67.2 Å². The Hall–Kier alpha value is -3.85. The summed E-state index contributed by atoms with van der Waals surface area (Å²) in [4.78, 5) is 11.4. The van der Waals surface area contributed by atoms with Crippen LogP contribution in [0.3, 0.4) is 0 Å². The van der Waals surface area contributed by atoms with Crippen molar-refractivity contribution in [1.29, 1.82) is 0 Å². The van der Waals surface area contributed by atoms with Gasteiger partial charge in [-0.25, -0.2) is 4.98 Å². The third-order valence-corrected chi connectivity index (χ3v) is 7.59. The number of rotatable bonds is 8. The predicted molar refractivity (Wildman–Crippen MR) is 152 cm³/mol. The number of aromatic nitrogens is 5. The highest BCUT2D eigenvalue weighted by Crippen LogP contribution is 2.30. The van der Waals surface area contributed by atoms with Gasteiger partial charge in [0.2, 0.25) is 0 Å². The van der Waals surface area contributed by atoms with Crippen LogP contribution in [0.4, 0.5) is 0 Å². The first-order valence-corrected chi connectivity index (χ1v) is 13.5. The van der Waals surface area contributed by atoms with Crippen LogP contribution in [0.1, 0.15) is 34.2 Å². The van der Waals surface area contributed by atoms with Gasteiger partial charge in [-0.2, -0.15) is 5.10 Å². The number of pyridine rings is 1. The van der Waals surface area contributed by atoms with Crippen LogP contribution < -0.4 is 0 Å². The fourth-order valence-corrected chi connectivity index (χ4v) is 5.24. The normalized spacial score (nSPS) is 15.2. The minimum atomic E-state index is -0.864. The molecule has 2 aromatic carbocycles. The summed E-state index contributed by atoms with van der Waals surface area (Å²) in [7, 11) is 0. The summed E-state index contributed by atoms with van der Waals surface area (Å²) in [5, 5.41) is 16.0. The monoisotopic (exact) mass is 522 g/mol. The number of morpholine rings is 1. The molecule has 1 N–H and O–H groups in total. The molecule has 3 aromatic heterocycles. The van der Waals surface area contributed by atoms with E-state index in [9.17, 15) is 5.11 Å². The number of hydrogen-bond acceptors (Lipinski definition) is 6. The van der Waals surface area contributed by atoms with Crippen LogP contribution in [0.25, 0.3) is 22.2 Å². The summed E-state index contributed by atoms with van der Waals surface area (Å²) >= 11 is 0. The van der Waals surface area contributed by atoms with Gasteiger partial charge in [-0.1, -0.05) is 29.8 Å². The molecule has 1 saturated heterocycles. The number of aliphatic hydroxyl groups is 1. The molecule has 8 nitrogen and oxygen atoms in total. The third-order valence-electron chi connectivity index (χ3n) is 7.59. The molecule has 0 spiro atoms. The Balaban J connectivity index is 1.35. The average molecular weight is 523 g/mol. The van der Waals surface area contributed by atoms with Crippen molar-refractivity contribution < 1.29 is 9.84 Å². The Morgan fingerprint density at radius 1 is 0.949 bits per heavy atom. The van der Waals surface area contributed by atoms with E-state index in [0.717, 1.165) is 67.1 Å². The largest absolute Gasteiger partial charge is 0.380 e. The zero-order valence-corrected chi connectivity index (χ0v) is 22.5. The summed E-state index contributed by atoms with van der Waals surface area (Å²) in [6.45, 7) is 10.2. The maximum Gasteiger partial charge on any atom is 0.143 e. The van der Waals surface area contributed by atoms with Gasteiger partial charge < -0.3 is 14.4 Å². The second-order valence-corrected chi connectivity index (χ2v) is 10.3. The van der Waals surface area contributed by atoms with Gasteiger partial charge in [-0.3, -0.25) is 14.6 Å². The molecule has 0 saturated carbocycles. The molecule has 39 heavy (non-hydrogen) atoms. The van der Waals surface area contributed by atoms with Crippen LogP contribution in [0, 0.1) is 13.8 Å². The van der Waals surface area contributed by atoms with Crippen LogP contribution in [-0.2, 0) is 17.8 Å². The molecule has 0 radical (unpaired) electrons. The molecule has 1 aliphatic rings. The number of aryl methyl sites for hydroxylation is 2. The number of benzene rings is 2. The molecule has 0 bridgehead atoms. The summed E-state index contributed by atoms with van der Waals surface area (Å²) in [5.74, 6) is 0.621. The van der Waals surface area contributed by atoms with E-state index >= 15 is 0 Å². The number of nitrogens with zero attached hydrogens (tertiary/aromatic N) is 6. The zero-order valence-electron chi connectivity index (χ0n) is 22.5. The average Bonchev–Trinajstić information content (AvgIpc) is 3.59. The molecule has 6 rings (SSSR count). The topological polar surface area (TPSA) is 81.2 Å². The Labute approximate surface area is 228 Å². The Kier molecular flexibility index (Phi) is 7.24. The third kappa shape index (κ3) is 5.49. The lowest BCUT2D eigenvalue weighted by molar-refractivity contribution is 0.0360. The quantitative estimate of drug-likeness (QED) is 0.326. The molecule has 8 heteroatoms. The number of ether oxygens (including phenoxy) is 1. The first-order valence-electron chi connectivity index (χ1n) is 13.5. The number of fused-ring (bicyclic) bond motifs is 1. The van der Waals surface area contributed by atoms with Crippen LogP contribution >= 0.6 is 0 Å². The van der Waals surface area contributed by atoms with Gasteiger partial charge in [0.1, 0.15) is 11.9 Å². The number of hydrogen-bond donors (Lipinski definition) is 1. The summed E-state index contributed by atoms with van der Waals surface area (Å²) in [5.41, 5.74) is 8.38. The zero-order chi connectivity index (χ0) is 26.8. The van der Waals surface area contributed by atoms with E-state index in [1.165, 1.54) is 16.7 Å². The van der Waals surface area contributed by atoms with Crippen molar-refractivity contribution >= 4 is 11.0 Å². The van der Waals surface area contributed by atoms with Crippen molar-refractivity contribution in [1.82, 2.24) is 29.2 Å². The molecule has 1 atom stereocenters. The highest BCUT2D eigenvalue weighted by atomic mass is 16.5. The van der Waals surface area contributed by atoms with Gasteiger partial charge in [-0.15, -0.1) is 0 Å². The SMILES string of the molecule is Cc1ccc(C)c(Cn2c(C(O)c3ccncc3)nc3ccc(-c4cnn(CCN5CCOCC5)c4)cc32)c1. The van der Waals surface area contributed by atoms with Crippen LogP contribution in [0.15, 0.2) is 73.3 Å². The van der Waals surface area contributed by atoms with Crippen molar-refractivity contribution in [3.63, 3.8) is 0 Å². The first kappa shape index (κ1) is 25.4. The molecule has 0 amide bonds. The number of imidazole rings is 1. The summed E-state index contributed by atoms with van der Waals surface area (Å²) in [6.07, 6.45) is 6.58. The Bertz CT molecular complexity index is 1570. The second-order valence-electron chi connectivity index (χ2n) is 10.3. The van der Waals surface area contributed by atoms with Gasteiger partial charge >= 0.3 is 0 Å². The van der Waals surface area contributed by atoms with E-state index in [1.807, 2.05) is 29.1 Å². The first-order chi connectivity index (χ1) is 19.0. The molecule has 1 unspecified atom stereocenters. The van der Waals surface area contributed by atoms with Crippen molar-refractivity contribution in [2.24, 2.45) is 0 Å². The molecule has 200 valence electrons. The minimum Gasteiger partial charge on any atom is -0.380 e. The molecular weight excluding hydrogens is 488 g/mol. The lowest BCUT2D eigenvalue weighted by Gasteiger charge is -2.26. The van der Waals surface area contributed by atoms with Crippen molar-refractivity contribution in [3.05, 3.63) is 101 Å². The molecule has 5 aromatic rings. The van der Waals surface area contributed by atoms with Crippen molar-refractivity contribution in [2.45, 2.75) is 33.0 Å². The van der Waals surface area contributed by atoms with E-state index in [0.29, 0.717) is 12.4 Å². The smallest absolute Gasteiger partial charge is 0.143 e. The van der Waals surface area contributed by atoms with Gasteiger partial charge in [0.15, 0.2) is 0 Å². The van der Waals surface area contributed by atoms with Gasteiger partial charge in [0.25, 0.3) is 0 Å². The molecule has 1 fully saturated rings. The second kappa shape index (κ2) is 11.1. The highest BCUT2D eigenvalue weighted by Gasteiger charge is 2.21. The summed E-state index contributed by atoms with van der Waals surface area (Å²) < 4.78 is 9.62. The molecular formula is C31H34N6O2. The highest BCUT2D eigenvalue weighted by molar-refractivity contribution is 5.82. The van der Waals surface area contributed by atoms with E-state index in [1.54, 1.807) is 12.4 Å². The molecule has 0 aliphatic carbocycles. The maximum absolute atomic E-state index is 11.4. The standard InChI is InChI=1S/C31H34N6O2/c1-22-3-4-23(2)26(17-22)21-37-29-18-25(27-19-33-36(20-27)12-11-35-13-15-39-16-14-35)5-6-28(29)34-31(37)30(38)24-7-9-32-10-8-24/h3-10,17-20,30,38H,11-16,21H2,1-2H3. The maximum atomic E-state index is 11.4.